The number of rotatable bonds is 4. The van der Waals surface area contributed by atoms with Crippen LogP contribution in [0.15, 0.2) is 41.5 Å². The van der Waals surface area contributed by atoms with Gasteiger partial charge in [0.05, 0.1) is 16.9 Å². The minimum absolute atomic E-state index is 0.0385. The van der Waals surface area contributed by atoms with Crippen LogP contribution in [-0.2, 0) is 20.5 Å². The molecule has 1 aliphatic heterocycles. The first-order valence-corrected chi connectivity index (χ1v) is 8.81. The minimum atomic E-state index is 0.0385. The lowest BCUT2D eigenvalue weighted by atomic mass is 10.1. The molecule has 1 unspecified atom stereocenters. The Hall–Kier alpha value is -2.47. The number of nitrogens with zero attached hydrogens (tertiary/aromatic N) is 5. The van der Waals surface area contributed by atoms with Crippen LogP contribution in [0.3, 0.4) is 0 Å². The fraction of sp³-hybridized carbons (Fsp3) is 0.421. The highest BCUT2D eigenvalue weighted by molar-refractivity contribution is 5.77. The highest BCUT2D eigenvalue weighted by Gasteiger charge is 2.29. The van der Waals surface area contributed by atoms with Gasteiger partial charge in [0.2, 0.25) is 0 Å². The second-order valence-corrected chi connectivity index (χ2v) is 6.75. The Bertz CT molecular complexity index is 958. The quantitative estimate of drug-likeness (QED) is 0.731. The molecule has 1 aliphatic rings. The van der Waals surface area contributed by atoms with Gasteiger partial charge in [0.1, 0.15) is 11.6 Å². The van der Waals surface area contributed by atoms with Gasteiger partial charge >= 0.3 is 0 Å². The SMILES string of the molecule is Cn1ccnc1CCN1CCCC1c1nc2ccccc2c(=O)n1C. The first-order valence-electron chi connectivity index (χ1n) is 8.81. The molecular formula is C19H23N5O. The number of para-hydroxylation sites is 1. The molecule has 0 saturated carbocycles. The molecule has 0 spiro atoms. The van der Waals surface area contributed by atoms with Crippen LogP contribution in [0.5, 0.6) is 0 Å². The average molecular weight is 337 g/mol. The summed E-state index contributed by atoms with van der Waals surface area (Å²) in [6.07, 6.45) is 6.89. The molecule has 3 heterocycles. The van der Waals surface area contributed by atoms with Gasteiger partial charge in [0.15, 0.2) is 0 Å². The van der Waals surface area contributed by atoms with Crippen LogP contribution >= 0.6 is 0 Å². The van der Waals surface area contributed by atoms with Crippen LogP contribution in [0.2, 0.25) is 0 Å². The number of benzene rings is 1. The lowest BCUT2D eigenvalue weighted by molar-refractivity contribution is 0.244. The Labute approximate surface area is 146 Å². The fourth-order valence-electron chi connectivity index (χ4n) is 3.80. The highest BCUT2D eigenvalue weighted by Crippen LogP contribution is 2.30. The third kappa shape index (κ3) is 2.87. The zero-order valence-electron chi connectivity index (χ0n) is 14.7. The van der Waals surface area contributed by atoms with Crippen molar-refractivity contribution in [2.75, 3.05) is 13.1 Å². The first kappa shape index (κ1) is 16.0. The third-order valence-corrected chi connectivity index (χ3v) is 5.22. The molecule has 0 amide bonds. The standard InChI is InChI=1S/C19H23N5O/c1-22-13-10-20-17(22)9-12-24-11-5-8-16(24)18-21-15-7-4-3-6-14(15)19(25)23(18)2/h3-4,6-7,10,13,16H,5,8-9,11-12H2,1-2H3. The molecule has 0 N–H and O–H groups in total. The van der Waals surface area contributed by atoms with E-state index >= 15 is 0 Å². The van der Waals surface area contributed by atoms with E-state index < -0.39 is 0 Å². The Morgan fingerprint density at radius 3 is 2.88 bits per heavy atom. The first-order chi connectivity index (χ1) is 12.1. The van der Waals surface area contributed by atoms with Gasteiger partial charge in [0.25, 0.3) is 5.56 Å². The van der Waals surface area contributed by atoms with Gasteiger partial charge in [-0.25, -0.2) is 9.97 Å². The van der Waals surface area contributed by atoms with Crippen LogP contribution in [0.4, 0.5) is 0 Å². The number of hydrogen-bond acceptors (Lipinski definition) is 4. The van der Waals surface area contributed by atoms with E-state index in [9.17, 15) is 4.79 Å². The normalized spacial score (nSPS) is 18.2. The summed E-state index contributed by atoms with van der Waals surface area (Å²) in [6.45, 7) is 1.97. The molecule has 0 aliphatic carbocycles. The van der Waals surface area contributed by atoms with E-state index in [4.69, 9.17) is 4.98 Å². The molecule has 2 aromatic heterocycles. The zero-order chi connectivity index (χ0) is 17.4. The van der Waals surface area contributed by atoms with Crippen LogP contribution in [0.1, 0.15) is 30.5 Å². The molecule has 0 bridgehead atoms. The summed E-state index contributed by atoms with van der Waals surface area (Å²) in [7, 11) is 3.87. The maximum Gasteiger partial charge on any atom is 0.261 e. The number of likely N-dealkylation sites (tertiary alicyclic amines) is 1. The van der Waals surface area contributed by atoms with E-state index in [1.807, 2.05) is 50.8 Å². The van der Waals surface area contributed by atoms with Crippen LogP contribution in [0.25, 0.3) is 10.9 Å². The molecule has 1 atom stereocenters. The molecule has 1 saturated heterocycles. The number of aryl methyl sites for hydroxylation is 1. The summed E-state index contributed by atoms with van der Waals surface area (Å²) in [5.74, 6) is 1.96. The largest absolute Gasteiger partial charge is 0.338 e. The third-order valence-electron chi connectivity index (χ3n) is 5.22. The second-order valence-electron chi connectivity index (χ2n) is 6.75. The van der Waals surface area contributed by atoms with Gasteiger partial charge in [-0.15, -0.1) is 0 Å². The van der Waals surface area contributed by atoms with Gasteiger partial charge in [-0.1, -0.05) is 12.1 Å². The molecule has 0 radical (unpaired) electrons. The van der Waals surface area contributed by atoms with Gasteiger partial charge in [-0.3, -0.25) is 14.3 Å². The monoisotopic (exact) mass is 337 g/mol. The maximum atomic E-state index is 12.7. The Morgan fingerprint density at radius 1 is 1.24 bits per heavy atom. The van der Waals surface area contributed by atoms with E-state index in [-0.39, 0.29) is 11.6 Å². The van der Waals surface area contributed by atoms with Crippen LogP contribution in [0, 0.1) is 0 Å². The van der Waals surface area contributed by atoms with Crippen LogP contribution in [-0.4, -0.2) is 37.1 Å². The van der Waals surface area contributed by atoms with E-state index in [1.165, 1.54) is 0 Å². The maximum absolute atomic E-state index is 12.7. The molecule has 4 rings (SSSR count). The minimum Gasteiger partial charge on any atom is -0.338 e. The van der Waals surface area contributed by atoms with E-state index in [1.54, 1.807) is 4.57 Å². The Morgan fingerprint density at radius 2 is 2.08 bits per heavy atom. The van der Waals surface area contributed by atoms with Crippen molar-refractivity contribution in [3.63, 3.8) is 0 Å². The summed E-state index contributed by atoms with van der Waals surface area (Å²) in [6, 6.07) is 7.80. The molecule has 3 aromatic rings. The smallest absolute Gasteiger partial charge is 0.261 e. The van der Waals surface area contributed by atoms with E-state index in [2.05, 4.69) is 14.5 Å². The average Bonchev–Trinajstić information content (AvgIpc) is 3.25. The van der Waals surface area contributed by atoms with Crippen molar-refractivity contribution in [2.24, 2.45) is 14.1 Å². The highest BCUT2D eigenvalue weighted by atomic mass is 16.1. The topological polar surface area (TPSA) is 56.0 Å². The molecule has 25 heavy (non-hydrogen) atoms. The van der Waals surface area contributed by atoms with Gasteiger partial charge in [-0.05, 0) is 31.5 Å². The van der Waals surface area contributed by atoms with Crippen molar-refractivity contribution in [1.29, 1.82) is 0 Å². The summed E-state index contributed by atoms with van der Waals surface area (Å²) in [4.78, 5) is 24.4. The van der Waals surface area contributed by atoms with Gasteiger partial charge in [-0.2, -0.15) is 0 Å². The molecule has 1 aromatic carbocycles. The molecule has 6 heteroatoms. The number of aromatic nitrogens is 4. The van der Waals surface area contributed by atoms with E-state index in [0.29, 0.717) is 5.39 Å². The molecule has 6 nitrogen and oxygen atoms in total. The molecule has 1 fully saturated rings. The predicted octanol–water partition coefficient (Wildman–Crippen LogP) is 2.05. The van der Waals surface area contributed by atoms with Crippen molar-refractivity contribution in [2.45, 2.75) is 25.3 Å². The zero-order valence-corrected chi connectivity index (χ0v) is 14.7. The number of imidazole rings is 1. The van der Waals surface area contributed by atoms with Gasteiger partial charge < -0.3 is 4.57 Å². The predicted molar refractivity (Wildman–Crippen MR) is 97.4 cm³/mol. The van der Waals surface area contributed by atoms with Crippen molar-refractivity contribution in [1.82, 2.24) is 24.0 Å². The molecular weight excluding hydrogens is 314 g/mol. The van der Waals surface area contributed by atoms with E-state index in [0.717, 1.165) is 49.5 Å². The lowest BCUT2D eigenvalue weighted by Crippen LogP contribution is -2.32. The Kier molecular flexibility index (Phi) is 4.13. The summed E-state index contributed by atoms with van der Waals surface area (Å²) in [5, 5.41) is 0.686. The van der Waals surface area contributed by atoms with Crippen molar-refractivity contribution in [3.8, 4) is 0 Å². The van der Waals surface area contributed by atoms with Crippen LogP contribution < -0.4 is 5.56 Å². The van der Waals surface area contributed by atoms with Crippen molar-refractivity contribution < 1.29 is 0 Å². The Balaban J connectivity index is 1.64. The summed E-state index contributed by atoms with van der Waals surface area (Å²) < 4.78 is 3.79. The molecule has 130 valence electrons. The lowest BCUT2D eigenvalue weighted by Gasteiger charge is -2.25. The number of hydrogen-bond donors (Lipinski definition) is 0. The second kappa shape index (κ2) is 6.44. The fourth-order valence-corrected chi connectivity index (χ4v) is 3.80. The summed E-state index contributed by atoms with van der Waals surface area (Å²) >= 11 is 0. The van der Waals surface area contributed by atoms with Gasteiger partial charge in [0, 0.05) is 39.5 Å². The summed E-state index contributed by atoms with van der Waals surface area (Å²) in [5.41, 5.74) is 0.827. The van der Waals surface area contributed by atoms with Crippen molar-refractivity contribution in [3.05, 3.63) is 58.7 Å². The number of fused-ring (bicyclic) bond motifs is 1. The van der Waals surface area contributed by atoms with Crippen molar-refractivity contribution >= 4 is 10.9 Å².